The van der Waals surface area contributed by atoms with E-state index in [0.717, 1.165) is 5.56 Å². The first-order valence-corrected chi connectivity index (χ1v) is 7.30. The third kappa shape index (κ3) is 2.15. The second-order valence-corrected chi connectivity index (χ2v) is 5.66. The van der Waals surface area contributed by atoms with Crippen LogP contribution in [0, 0.1) is 5.92 Å². The number of benzene rings is 1. The summed E-state index contributed by atoms with van der Waals surface area (Å²) in [4.78, 5) is 41.9. The van der Waals surface area contributed by atoms with Crippen molar-refractivity contribution in [3.05, 3.63) is 35.9 Å². The Hall–Kier alpha value is -2.05. The Balaban J connectivity index is 1.86. The molecule has 1 unspecified atom stereocenters. The Bertz CT molecular complexity index is 614. The molecule has 1 saturated heterocycles. The minimum absolute atomic E-state index is 0.0349. The molecule has 22 heavy (non-hydrogen) atoms. The van der Waals surface area contributed by atoms with Gasteiger partial charge in [0.2, 0.25) is 5.54 Å². The minimum Gasteiger partial charge on any atom is -0.479 e. The highest BCUT2D eigenvalue weighted by molar-refractivity contribution is 6.15. The molecular weight excluding hydrogens is 286 g/mol. The van der Waals surface area contributed by atoms with Crippen molar-refractivity contribution in [3.8, 4) is 0 Å². The molecule has 0 radical (unpaired) electrons. The number of carbonyl (C=O) groups excluding carboxylic acids is 2. The molecule has 0 spiro atoms. The highest BCUT2D eigenvalue weighted by Crippen LogP contribution is 2.42. The highest BCUT2D eigenvalue weighted by atomic mass is 16.7. The normalized spacial score (nSPS) is 28.6. The van der Waals surface area contributed by atoms with E-state index < -0.39 is 23.2 Å². The number of carboxylic acid groups (broad SMARTS) is 1. The molecule has 1 aliphatic carbocycles. The van der Waals surface area contributed by atoms with E-state index >= 15 is 0 Å². The van der Waals surface area contributed by atoms with Crippen LogP contribution in [0.3, 0.4) is 0 Å². The second kappa shape index (κ2) is 5.62. The molecule has 3 rings (SSSR count). The lowest BCUT2D eigenvalue weighted by atomic mass is 9.72. The number of aliphatic carboxylic acids is 1. The van der Waals surface area contributed by atoms with Crippen LogP contribution >= 0.6 is 0 Å². The van der Waals surface area contributed by atoms with Crippen molar-refractivity contribution in [1.29, 1.82) is 0 Å². The predicted molar refractivity (Wildman–Crippen MR) is 75.7 cm³/mol. The number of carboxylic acids is 1. The summed E-state index contributed by atoms with van der Waals surface area (Å²) < 4.78 is 0. The van der Waals surface area contributed by atoms with Gasteiger partial charge in [-0.3, -0.25) is 14.4 Å². The van der Waals surface area contributed by atoms with Gasteiger partial charge in [0, 0.05) is 19.4 Å². The van der Waals surface area contributed by atoms with Gasteiger partial charge in [0.25, 0.3) is 0 Å². The van der Waals surface area contributed by atoms with Crippen molar-refractivity contribution in [2.75, 3.05) is 6.54 Å². The smallest absolute Gasteiger partial charge is 0.334 e. The molecular formula is C16H17NO5. The zero-order valence-electron chi connectivity index (χ0n) is 12.0. The molecule has 1 saturated carbocycles. The van der Waals surface area contributed by atoms with E-state index in [9.17, 15) is 19.5 Å². The van der Waals surface area contributed by atoms with E-state index in [4.69, 9.17) is 4.84 Å². The molecule has 0 aromatic heterocycles. The van der Waals surface area contributed by atoms with Gasteiger partial charge in [-0.2, -0.15) is 5.06 Å². The van der Waals surface area contributed by atoms with Crippen molar-refractivity contribution in [2.24, 2.45) is 5.92 Å². The molecule has 2 fully saturated rings. The molecule has 1 N–H and O–H groups in total. The topological polar surface area (TPSA) is 83.9 Å². The first-order chi connectivity index (χ1) is 10.6. The van der Waals surface area contributed by atoms with Crippen LogP contribution in [0.1, 0.15) is 24.8 Å². The fourth-order valence-electron chi connectivity index (χ4n) is 3.40. The Labute approximate surface area is 127 Å². The number of carbonyl (C=O) groups is 3. The highest BCUT2D eigenvalue weighted by Gasteiger charge is 2.64. The standard InChI is InChI=1S/C16H17NO5/c18-13-6-7-14(19)16(15(20)21)12(13)8-9-17(16)22-10-11-4-2-1-3-5-11/h1-5,12H,6-10H2,(H,20,21)/t12?,16-/m1/s1. The van der Waals surface area contributed by atoms with Gasteiger partial charge < -0.3 is 5.11 Å². The van der Waals surface area contributed by atoms with Crippen LogP contribution in [0.15, 0.2) is 30.3 Å². The third-order valence-electron chi connectivity index (χ3n) is 4.49. The first kappa shape index (κ1) is 14.9. The summed E-state index contributed by atoms with van der Waals surface area (Å²) in [6.07, 6.45) is 0.434. The molecule has 2 atom stereocenters. The summed E-state index contributed by atoms with van der Waals surface area (Å²) in [5.74, 6) is -2.69. The quantitative estimate of drug-likeness (QED) is 0.841. The predicted octanol–water partition coefficient (Wildman–Crippen LogP) is 1.20. The van der Waals surface area contributed by atoms with E-state index in [1.165, 1.54) is 5.06 Å². The molecule has 1 aliphatic heterocycles. The minimum atomic E-state index is -1.84. The molecule has 6 nitrogen and oxygen atoms in total. The monoisotopic (exact) mass is 303 g/mol. The molecule has 6 heteroatoms. The van der Waals surface area contributed by atoms with Crippen molar-refractivity contribution >= 4 is 17.5 Å². The summed E-state index contributed by atoms with van der Waals surface area (Å²) in [6.45, 7) is 0.436. The summed E-state index contributed by atoms with van der Waals surface area (Å²) in [5, 5.41) is 10.9. The average molecular weight is 303 g/mol. The Morgan fingerprint density at radius 3 is 2.68 bits per heavy atom. The second-order valence-electron chi connectivity index (χ2n) is 5.66. The van der Waals surface area contributed by atoms with Crippen molar-refractivity contribution in [1.82, 2.24) is 5.06 Å². The molecule has 1 aromatic carbocycles. The maximum atomic E-state index is 12.4. The van der Waals surface area contributed by atoms with E-state index in [1.54, 1.807) is 0 Å². The van der Waals surface area contributed by atoms with Gasteiger partial charge in [-0.15, -0.1) is 0 Å². The number of hydroxylamine groups is 2. The van der Waals surface area contributed by atoms with Crippen LogP contribution in [0.4, 0.5) is 0 Å². The molecule has 0 amide bonds. The number of Topliss-reactive ketones (excluding diaryl/α,β-unsaturated/α-hetero) is 2. The van der Waals surface area contributed by atoms with Gasteiger partial charge in [0.1, 0.15) is 5.78 Å². The van der Waals surface area contributed by atoms with Gasteiger partial charge in [-0.25, -0.2) is 4.79 Å². The number of hydrogen-bond acceptors (Lipinski definition) is 5. The van der Waals surface area contributed by atoms with Crippen LogP contribution in [0.2, 0.25) is 0 Å². The van der Waals surface area contributed by atoms with E-state index in [1.807, 2.05) is 30.3 Å². The van der Waals surface area contributed by atoms with Crippen LogP contribution in [0.5, 0.6) is 0 Å². The Morgan fingerprint density at radius 2 is 2.00 bits per heavy atom. The maximum absolute atomic E-state index is 12.4. The zero-order chi connectivity index (χ0) is 15.7. The fourth-order valence-corrected chi connectivity index (χ4v) is 3.40. The first-order valence-electron chi connectivity index (χ1n) is 7.30. The van der Waals surface area contributed by atoms with Gasteiger partial charge in [0.05, 0.1) is 12.5 Å². The number of rotatable bonds is 4. The summed E-state index contributed by atoms with van der Waals surface area (Å²) in [5.41, 5.74) is -0.967. The summed E-state index contributed by atoms with van der Waals surface area (Å²) >= 11 is 0. The third-order valence-corrected chi connectivity index (χ3v) is 4.49. The van der Waals surface area contributed by atoms with Gasteiger partial charge in [-0.05, 0) is 12.0 Å². The van der Waals surface area contributed by atoms with E-state index in [0.29, 0.717) is 6.42 Å². The number of nitrogens with zero attached hydrogens (tertiary/aromatic N) is 1. The Morgan fingerprint density at radius 1 is 1.27 bits per heavy atom. The largest absolute Gasteiger partial charge is 0.479 e. The lowest BCUT2D eigenvalue weighted by molar-refractivity contribution is -0.225. The van der Waals surface area contributed by atoms with Crippen LogP contribution < -0.4 is 0 Å². The fraction of sp³-hybridized carbons (Fsp3) is 0.438. The van der Waals surface area contributed by atoms with Crippen molar-refractivity contribution in [2.45, 2.75) is 31.4 Å². The van der Waals surface area contributed by atoms with Crippen molar-refractivity contribution < 1.29 is 24.3 Å². The number of fused-ring (bicyclic) bond motifs is 1. The average Bonchev–Trinajstić information content (AvgIpc) is 2.92. The molecule has 2 aliphatic rings. The molecule has 0 bridgehead atoms. The molecule has 1 heterocycles. The zero-order valence-corrected chi connectivity index (χ0v) is 12.0. The van der Waals surface area contributed by atoms with E-state index in [-0.39, 0.29) is 31.8 Å². The molecule has 1 aromatic rings. The lowest BCUT2D eigenvalue weighted by Crippen LogP contribution is -2.63. The SMILES string of the molecule is O=C1CCC(=O)[C@@]2(C(=O)O)C1CCN2OCc1ccccc1. The van der Waals surface area contributed by atoms with Gasteiger partial charge in [-0.1, -0.05) is 30.3 Å². The van der Waals surface area contributed by atoms with Gasteiger partial charge >= 0.3 is 5.97 Å². The number of ketones is 2. The van der Waals surface area contributed by atoms with Crippen LogP contribution in [-0.4, -0.2) is 39.8 Å². The summed E-state index contributed by atoms with van der Waals surface area (Å²) in [6, 6.07) is 9.29. The van der Waals surface area contributed by atoms with Crippen LogP contribution in [0.25, 0.3) is 0 Å². The van der Waals surface area contributed by atoms with Gasteiger partial charge in [0.15, 0.2) is 5.78 Å². The maximum Gasteiger partial charge on any atom is 0.334 e. The van der Waals surface area contributed by atoms with E-state index in [2.05, 4.69) is 0 Å². The number of hydrogen-bond donors (Lipinski definition) is 1. The molecule has 116 valence electrons. The lowest BCUT2D eigenvalue weighted by Gasteiger charge is -2.38. The van der Waals surface area contributed by atoms with Crippen LogP contribution in [-0.2, 0) is 25.8 Å². The van der Waals surface area contributed by atoms with Crippen molar-refractivity contribution in [3.63, 3.8) is 0 Å². The summed E-state index contributed by atoms with van der Waals surface area (Å²) in [7, 11) is 0. The Kier molecular flexibility index (Phi) is 3.80.